The van der Waals surface area contributed by atoms with Gasteiger partial charge in [0.2, 0.25) is 5.91 Å². The van der Waals surface area contributed by atoms with Gasteiger partial charge in [0.15, 0.2) is 0 Å². The van der Waals surface area contributed by atoms with Gasteiger partial charge in [0.1, 0.15) is 11.6 Å². The van der Waals surface area contributed by atoms with Crippen LogP contribution in [0, 0.1) is 11.6 Å². The van der Waals surface area contributed by atoms with Crippen LogP contribution in [0.2, 0.25) is 0 Å². The van der Waals surface area contributed by atoms with Crippen LogP contribution in [0.25, 0.3) is 0 Å². The summed E-state index contributed by atoms with van der Waals surface area (Å²) in [5, 5.41) is 2.57. The Balaban J connectivity index is 2.51. The van der Waals surface area contributed by atoms with Crippen LogP contribution in [0.4, 0.5) is 8.78 Å². The third-order valence-corrected chi connectivity index (χ3v) is 3.63. The number of hydrogen-bond acceptors (Lipinski definition) is 1. The smallest absolute Gasteiger partial charge is 0.231 e. The molecule has 1 aliphatic rings. The summed E-state index contributed by atoms with van der Waals surface area (Å²) in [5.74, 6) is -2.44. The molecule has 2 rings (SSSR count). The number of piperidine rings is 1. The molecule has 0 aliphatic carbocycles. The van der Waals surface area contributed by atoms with Crippen LogP contribution < -0.4 is 5.32 Å². The molecule has 1 saturated heterocycles. The van der Waals surface area contributed by atoms with Gasteiger partial charge in [0, 0.05) is 11.3 Å². The van der Waals surface area contributed by atoms with Crippen LogP contribution in [0.3, 0.4) is 0 Å². The van der Waals surface area contributed by atoms with Crippen molar-refractivity contribution in [1.82, 2.24) is 5.32 Å². The second-order valence-electron chi connectivity index (χ2n) is 6.26. The van der Waals surface area contributed by atoms with E-state index >= 15 is 0 Å². The van der Waals surface area contributed by atoms with Crippen LogP contribution in [-0.2, 0) is 10.2 Å². The number of benzene rings is 1. The summed E-state index contributed by atoms with van der Waals surface area (Å²) in [6, 6.07) is 2.70. The molecule has 1 fully saturated rings. The molecular weight excluding hydrogens is 260 g/mol. The van der Waals surface area contributed by atoms with Gasteiger partial charge in [-0.2, -0.15) is 0 Å². The van der Waals surface area contributed by atoms with Gasteiger partial charge < -0.3 is 5.32 Å². The molecule has 1 aromatic rings. The normalized spacial score (nSPS) is 19.9. The monoisotopic (exact) mass is 279 g/mol. The largest absolute Gasteiger partial charge is 0.330 e. The second kappa shape index (κ2) is 5.00. The zero-order chi connectivity index (χ0) is 15.1. The number of carbonyl (C=O) groups excluding carboxylic acids is 1. The minimum atomic E-state index is -0.789. The molecule has 0 radical (unpaired) electrons. The van der Waals surface area contributed by atoms with Crippen LogP contribution >= 0.6 is 0 Å². The number of hydrogen-bond donors (Lipinski definition) is 1. The molecule has 1 aliphatic heterocycles. The summed E-state index contributed by atoms with van der Waals surface area (Å²) in [4.78, 5) is 12.0. The van der Waals surface area contributed by atoms with E-state index in [0.29, 0.717) is 24.1 Å². The highest BCUT2D eigenvalue weighted by molar-refractivity contribution is 5.86. The van der Waals surface area contributed by atoms with Crippen molar-refractivity contribution < 1.29 is 13.6 Å². The number of halogens is 2. The summed E-state index contributed by atoms with van der Waals surface area (Å²) in [6.07, 6.45) is 0.918. The molecule has 0 spiro atoms. The first kappa shape index (κ1) is 14.7. The predicted molar refractivity (Wildman–Crippen MR) is 74.3 cm³/mol. The summed E-state index contributed by atoms with van der Waals surface area (Å²) >= 11 is 0. The number of rotatable bonds is 1. The van der Waals surface area contributed by atoms with Gasteiger partial charge in [-0.3, -0.25) is 4.79 Å². The molecule has 0 saturated carbocycles. The fourth-order valence-corrected chi connectivity index (χ4v) is 2.52. The van der Waals surface area contributed by atoms with Crippen molar-refractivity contribution in [2.45, 2.75) is 44.9 Å². The van der Waals surface area contributed by atoms with E-state index in [1.807, 2.05) is 20.8 Å². The fraction of sp³-hybridized carbons (Fsp3) is 0.438. The highest BCUT2D eigenvalue weighted by Crippen LogP contribution is 2.35. The Hall–Kier alpha value is -1.71. The molecule has 1 amide bonds. The van der Waals surface area contributed by atoms with E-state index in [4.69, 9.17) is 0 Å². The van der Waals surface area contributed by atoms with Gasteiger partial charge in [-0.25, -0.2) is 8.78 Å². The highest BCUT2D eigenvalue weighted by atomic mass is 19.1. The molecule has 1 N–H and O–H groups in total. The maximum absolute atomic E-state index is 14.6. The van der Waals surface area contributed by atoms with Crippen molar-refractivity contribution in [3.63, 3.8) is 0 Å². The summed E-state index contributed by atoms with van der Waals surface area (Å²) in [6.45, 7) is 9.25. The molecule has 20 heavy (non-hydrogen) atoms. The molecule has 0 aromatic heterocycles. The second-order valence-corrected chi connectivity index (χ2v) is 6.26. The predicted octanol–water partition coefficient (Wildman–Crippen LogP) is 3.77. The maximum Gasteiger partial charge on any atom is 0.231 e. The Morgan fingerprint density at radius 3 is 2.50 bits per heavy atom. The van der Waals surface area contributed by atoms with E-state index in [9.17, 15) is 13.6 Å². The Morgan fingerprint density at radius 1 is 1.30 bits per heavy atom. The maximum atomic E-state index is 14.6. The summed E-state index contributed by atoms with van der Waals surface area (Å²) in [7, 11) is 0. The van der Waals surface area contributed by atoms with Crippen molar-refractivity contribution in [2.75, 3.05) is 0 Å². The standard InChI is InChI=1S/C16H19F2NO/c1-9-5-6-10(15(20)19-9)13-12(17)8-7-11(14(13)18)16(2,3)4/h7-8,10H,1,5-6H2,2-4H3,(H,19,20). The molecule has 1 unspecified atom stereocenters. The molecule has 1 atom stereocenters. The first-order valence-corrected chi connectivity index (χ1v) is 6.69. The van der Waals surface area contributed by atoms with Gasteiger partial charge in [0.25, 0.3) is 0 Å². The SMILES string of the molecule is C=C1CCC(c2c(F)ccc(C(C)(C)C)c2F)C(=O)N1. The Kier molecular flexibility index (Phi) is 3.67. The molecule has 4 heteroatoms. The minimum absolute atomic E-state index is 0.123. The molecule has 0 bridgehead atoms. The number of amides is 1. The first-order chi connectivity index (χ1) is 9.21. The topological polar surface area (TPSA) is 29.1 Å². The Labute approximate surface area is 117 Å². The number of allylic oxidation sites excluding steroid dienone is 1. The lowest BCUT2D eigenvalue weighted by atomic mass is 9.81. The van der Waals surface area contributed by atoms with Crippen molar-refractivity contribution in [2.24, 2.45) is 0 Å². The van der Waals surface area contributed by atoms with E-state index in [-0.39, 0.29) is 11.5 Å². The minimum Gasteiger partial charge on any atom is -0.330 e. The average molecular weight is 279 g/mol. The number of carbonyl (C=O) groups is 1. The Morgan fingerprint density at radius 2 is 1.95 bits per heavy atom. The van der Waals surface area contributed by atoms with E-state index in [2.05, 4.69) is 11.9 Å². The molecule has 1 heterocycles. The van der Waals surface area contributed by atoms with Crippen LogP contribution in [-0.4, -0.2) is 5.91 Å². The van der Waals surface area contributed by atoms with E-state index in [0.717, 1.165) is 0 Å². The van der Waals surface area contributed by atoms with E-state index < -0.39 is 23.0 Å². The molecule has 2 nitrogen and oxygen atoms in total. The molecule has 1 aromatic carbocycles. The third-order valence-electron chi connectivity index (χ3n) is 3.63. The van der Waals surface area contributed by atoms with Crippen LogP contribution in [0.5, 0.6) is 0 Å². The first-order valence-electron chi connectivity index (χ1n) is 6.69. The number of nitrogens with one attached hydrogen (secondary N) is 1. The summed E-state index contributed by atoms with van der Waals surface area (Å²) < 4.78 is 28.7. The lowest BCUT2D eigenvalue weighted by molar-refractivity contribution is -0.123. The van der Waals surface area contributed by atoms with Crippen molar-refractivity contribution in [1.29, 1.82) is 0 Å². The van der Waals surface area contributed by atoms with Crippen LogP contribution in [0.1, 0.15) is 50.7 Å². The zero-order valence-electron chi connectivity index (χ0n) is 12.0. The van der Waals surface area contributed by atoms with Crippen molar-refractivity contribution in [3.8, 4) is 0 Å². The van der Waals surface area contributed by atoms with E-state index in [1.165, 1.54) is 12.1 Å². The highest BCUT2D eigenvalue weighted by Gasteiger charge is 2.33. The lowest BCUT2D eigenvalue weighted by Gasteiger charge is -2.27. The lowest BCUT2D eigenvalue weighted by Crippen LogP contribution is -2.34. The molecule has 108 valence electrons. The van der Waals surface area contributed by atoms with Gasteiger partial charge in [-0.05, 0) is 29.9 Å². The Bertz CT molecular complexity index is 573. The quantitative estimate of drug-likeness (QED) is 0.833. The fourth-order valence-electron chi connectivity index (χ4n) is 2.52. The van der Waals surface area contributed by atoms with Crippen molar-refractivity contribution >= 4 is 5.91 Å². The average Bonchev–Trinajstić information content (AvgIpc) is 2.29. The van der Waals surface area contributed by atoms with E-state index in [1.54, 1.807) is 0 Å². The zero-order valence-corrected chi connectivity index (χ0v) is 12.0. The van der Waals surface area contributed by atoms with Gasteiger partial charge in [-0.1, -0.05) is 33.4 Å². The van der Waals surface area contributed by atoms with Gasteiger partial charge in [-0.15, -0.1) is 0 Å². The van der Waals surface area contributed by atoms with Gasteiger partial charge in [0.05, 0.1) is 5.92 Å². The molecular formula is C16H19F2NO. The third kappa shape index (κ3) is 2.60. The van der Waals surface area contributed by atoms with Crippen LogP contribution in [0.15, 0.2) is 24.4 Å². The van der Waals surface area contributed by atoms with Gasteiger partial charge >= 0.3 is 0 Å². The van der Waals surface area contributed by atoms with Crippen molar-refractivity contribution in [3.05, 3.63) is 47.2 Å². The summed E-state index contributed by atoms with van der Waals surface area (Å²) in [5.41, 5.74) is 0.453.